The number of carbonyl (C=O) groups excluding carboxylic acids is 1. The minimum absolute atomic E-state index is 0.0690. The Kier molecular flexibility index (Phi) is 6.62. The number of hydrogen-bond donors (Lipinski definition) is 1. The minimum atomic E-state index is -0.791. The zero-order chi connectivity index (χ0) is 17.4. The van der Waals surface area contributed by atoms with Crippen LogP contribution in [0.15, 0.2) is 34.4 Å². The van der Waals surface area contributed by atoms with Gasteiger partial charge in [-0.25, -0.2) is 4.79 Å². The van der Waals surface area contributed by atoms with Gasteiger partial charge in [-0.2, -0.15) is 5.10 Å². The third-order valence-electron chi connectivity index (χ3n) is 2.30. The maximum absolute atomic E-state index is 11.1. The number of hydrogen-bond acceptors (Lipinski definition) is 8. The second-order valence-electron chi connectivity index (χ2n) is 3.87. The molecule has 1 rings (SSSR count). The van der Waals surface area contributed by atoms with Crippen LogP contribution in [0.1, 0.15) is 6.92 Å². The Hall–Kier alpha value is -3.01. The van der Waals surface area contributed by atoms with E-state index in [0.29, 0.717) is 0 Å². The maximum atomic E-state index is 11.1. The van der Waals surface area contributed by atoms with Crippen molar-refractivity contribution in [2.75, 3.05) is 12.0 Å². The lowest BCUT2D eigenvalue weighted by Crippen LogP contribution is -2.01. The summed E-state index contributed by atoms with van der Waals surface area (Å²) in [4.78, 5) is 31.1. The lowest BCUT2D eigenvalue weighted by molar-refractivity contribution is -0.393. The van der Waals surface area contributed by atoms with E-state index in [-0.39, 0.29) is 17.3 Å². The van der Waals surface area contributed by atoms with E-state index in [1.165, 1.54) is 0 Å². The van der Waals surface area contributed by atoms with Crippen molar-refractivity contribution in [3.05, 3.63) is 49.5 Å². The average Bonchev–Trinajstić information content (AvgIpc) is 2.47. The standard InChI is InChI=1S/C12H11ClN4O6/c1-2-23-12(18)5-8(13)7-14-15-10-4-3-9(16(19)20)6-11(10)17(21)22/h3-7,15H,2H2,1H3. The Bertz CT molecular complexity index is 688. The molecule has 10 nitrogen and oxygen atoms in total. The Labute approximate surface area is 134 Å². The molecule has 1 N–H and O–H groups in total. The van der Waals surface area contributed by atoms with Crippen LogP contribution >= 0.6 is 11.6 Å². The number of nitro benzene ring substituents is 2. The van der Waals surface area contributed by atoms with E-state index in [9.17, 15) is 25.0 Å². The minimum Gasteiger partial charge on any atom is -0.463 e. The van der Waals surface area contributed by atoms with Crippen molar-refractivity contribution in [2.24, 2.45) is 5.10 Å². The van der Waals surface area contributed by atoms with Gasteiger partial charge in [-0.05, 0) is 13.0 Å². The molecule has 1 aromatic rings. The number of carbonyl (C=O) groups is 1. The van der Waals surface area contributed by atoms with E-state index in [2.05, 4.69) is 15.3 Å². The van der Waals surface area contributed by atoms with Crippen LogP contribution in [0, 0.1) is 20.2 Å². The molecule has 0 fully saturated rings. The Morgan fingerprint density at radius 1 is 1.39 bits per heavy atom. The third-order valence-corrected chi connectivity index (χ3v) is 2.51. The number of benzene rings is 1. The van der Waals surface area contributed by atoms with Gasteiger partial charge >= 0.3 is 11.7 Å². The highest BCUT2D eigenvalue weighted by Crippen LogP contribution is 2.28. The highest BCUT2D eigenvalue weighted by molar-refractivity contribution is 6.40. The van der Waals surface area contributed by atoms with Gasteiger partial charge in [-0.1, -0.05) is 11.6 Å². The molecule has 0 aromatic heterocycles. The van der Waals surface area contributed by atoms with Crippen molar-refractivity contribution in [3.63, 3.8) is 0 Å². The van der Waals surface area contributed by atoms with Gasteiger partial charge in [-0.3, -0.25) is 25.7 Å². The number of rotatable bonds is 7. The summed E-state index contributed by atoms with van der Waals surface area (Å²) in [5.74, 6) is -0.662. The fourth-order valence-corrected chi connectivity index (χ4v) is 1.51. The van der Waals surface area contributed by atoms with Crippen molar-refractivity contribution in [1.29, 1.82) is 0 Å². The van der Waals surface area contributed by atoms with E-state index >= 15 is 0 Å². The number of halogens is 1. The predicted octanol–water partition coefficient (Wildman–Crippen LogP) is 2.59. The number of allylic oxidation sites excluding steroid dienone is 1. The third kappa shape index (κ3) is 5.71. The first-order chi connectivity index (χ1) is 10.8. The summed E-state index contributed by atoms with van der Waals surface area (Å²) in [5, 5.41) is 25.1. The van der Waals surface area contributed by atoms with Crippen LogP contribution in [0.25, 0.3) is 0 Å². The van der Waals surface area contributed by atoms with E-state index < -0.39 is 27.2 Å². The van der Waals surface area contributed by atoms with Gasteiger partial charge in [0.25, 0.3) is 5.69 Å². The number of anilines is 1. The lowest BCUT2D eigenvalue weighted by Gasteiger charge is -2.01. The molecule has 0 atom stereocenters. The molecule has 0 radical (unpaired) electrons. The Balaban J connectivity index is 2.89. The first-order valence-corrected chi connectivity index (χ1v) is 6.48. The van der Waals surface area contributed by atoms with Crippen molar-refractivity contribution in [2.45, 2.75) is 6.92 Å². The molecule has 0 aliphatic heterocycles. The topological polar surface area (TPSA) is 137 Å². The van der Waals surface area contributed by atoms with Gasteiger partial charge in [0.1, 0.15) is 5.69 Å². The fraction of sp³-hybridized carbons (Fsp3) is 0.167. The highest BCUT2D eigenvalue weighted by atomic mass is 35.5. The highest BCUT2D eigenvalue weighted by Gasteiger charge is 2.19. The van der Waals surface area contributed by atoms with Crippen molar-refractivity contribution < 1.29 is 19.4 Å². The second-order valence-corrected chi connectivity index (χ2v) is 4.30. The summed E-state index contributed by atoms with van der Waals surface area (Å²) in [5.41, 5.74) is 1.30. The first kappa shape index (κ1) is 18.0. The van der Waals surface area contributed by atoms with Gasteiger partial charge in [-0.15, -0.1) is 0 Å². The van der Waals surface area contributed by atoms with E-state index in [0.717, 1.165) is 30.5 Å². The summed E-state index contributed by atoms with van der Waals surface area (Å²) >= 11 is 5.69. The maximum Gasteiger partial charge on any atom is 0.332 e. The molecule has 0 aliphatic carbocycles. The number of ether oxygens (including phenoxy) is 1. The zero-order valence-electron chi connectivity index (χ0n) is 11.8. The molecule has 0 unspecified atom stereocenters. The van der Waals surface area contributed by atoms with Crippen molar-refractivity contribution >= 4 is 40.8 Å². The molecule has 0 saturated carbocycles. The Morgan fingerprint density at radius 3 is 2.65 bits per heavy atom. The van der Waals surface area contributed by atoms with Crippen molar-refractivity contribution in [1.82, 2.24) is 0 Å². The number of hydrazone groups is 1. The number of nitrogens with zero attached hydrogens (tertiary/aromatic N) is 3. The van der Waals surface area contributed by atoms with Crippen LogP contribution in [0.2, 0.25) is 0 Å². The average molecular weight is 343 g/mol. The summed E-state index contributed by atoms with van der Waals surface area (Å²) < 4.78 is 4.63. The lowest BCUT2D eigenvalue weighted by atomic mass is 10.2. The molecule has 0 spiro atoms. The summed E-state index contributed by atoms with van der Waals surface area (Å²) in [7, 11) is 0. The number of nitro groups is 2. The molecule has 11 heteroatoms. The molecule has 0 aliphatic rings. The molecule has 23 heavy (non-hydrogen) atoms. The number of nitrogens with one attached hydrogen (secondary N) is 1. The molecule has 0 heterocycles. The van der Waals surface area contributed by atoms with Gasteiger partial charge < -0.3 is 4.74 Å². The molecule has 0 saturated heterocycles. The summed E-state index contributed by atoms with van der Waals surface area (Å²) in [6, 6.07) is 3.02. The van der Waals surface area contributed by atoms with Crippen LogP contribution in [0.4, 0.5) is 17.1 Å². The van der Waals surface area contributed by atoms with Crippen molar-refractivity contribution in [3.8, 4) is 0 Å². The van der Waals surface area contributed by atoms with Crippen LogP contribution in [0.3, 0.4) is 0 Å². The SMILES string of the molecule is CCOC(=O)C=C(Cl)C=NNc1ccc([N+](=O)[O-])cc1[N+](=O)[O-]. The number of esters is 1. The largest absolute Gasteiger partial charge is 0.463 e. The smallest absolute Gasteiger partial charge is 0.332 e. The predicted molar refractivity (Wildman–Crippen MR) is 82.4 cm³/mol. The molecule has 0 amide bonds. The van der Waals surface area contributed by atoms with Crippen LogP contribution in [0.5, 0.6) is 0 Å². The van der Waals surface area contributed by atoms with Crippen LogP contribution in [-0.2, 0) is 9.53 Å². The second kappa shape index (κ2) is 8.44. The fourth-order valence-electron chi connectivity index (χ4n) is 1.38. The van der Waals surface area contributed by atoms with Gasteiger partial charge in [0.15, 0.2) is 0 Å². The van der Waals surface area contributed by atoms with Gasteiger partial charge in [0, 0.05) is 12.1 Å². The monoisotopic (exact) mass is 342 g/mol. The summed E-state index contributed by atoms with van der Waals surface area (Å²) in [6.45, 7) is 1.81. The molecule has 1 aromatic carbocycles. The normalized spacial score (nSPS) is 11.3. The molecule has 122 valence electrons. The first-order valence-electron chi connectivity index (χ1n) is 6.11. The Morgan fingerprint density at radius 2 is 2.09 bits per heavy atom. The van der Waals surface area contributed by atoms with Crippen LogP contribution < -0.4 is 5.43 Å². The quantitative estimate of drug-likeness (QED) is 0.264. The summed E-state index contributed by atoms with van der Waals surface area (Å²) in [6.07, 6.45) is 2.00. The molecular formula is C12H11ClN4O6. The number of non-ortho nitro benzene ring substituents is 1. The van der Waals surface area contributed by atoms with E-state index in [1.54, 1.807) is 6.92 Å². The van der Waals surface area contributed by atoms with Gasteiger partial charge in [0.2, 0.25) is 0 Å². The van der Waals surface area contributed by atoms with E-state index in [1.807, 2.05) is 0 Å². The van der Waals surface area contributed by atoms with Gasteiger partial charge in [0.05, 0.1) is 33.8 Å². The molecular weight excluding hydrogens is 332 g/mol. The molecule has 0 bridgehead atoms. The van der Waals surface area contributed by atoms with Crippen LogP contribution in [-0.4, -0.2) is 28.6 Å². The van der Waals surface area contributed by atoms with E-state index in [4.69, 9.17) is 11.6 Å². The zero-order valence-corrected chi connectivity index (χ0v) is 12.5.